The van der Waals surface area contributed by atoms with Crippen molar-refractivity contribution in [2.24, 2.45) is 5.41 Å². The van der Waals surface area contributed by atoms with E-state index in [4.69, 9.17) is 4.74 Å². The van der Waals surface area contributed by atoms with Gasteiger partial charge in [-0.2, -0.15) is 0 Å². The van der Waals surface area contributed by atoms with E-state index < -0.39 is 0 Å². The van der Waals surface area contributed by atoms with Crippen molar-refractivity contribution in [3.63, 3.8) is 0 Å². The van der Waals surface area contributed by atoms with E-state index in [9.17, 15) is 4.79 Å². The second-order valence-corrected chi connectivity index (χ2v) is 8.61. The van der Waals surface area contributed by atoms with Crippen molar-refractivity contribution in [1.29, 1.82) is 0 Å². The van der Waals surface area contributed by atoms with Gasteiger partial charge in [0, 0.05) is 50.1 Å². The Morgan fingerprint density at radius 3 is 2.79 bits per heavy atom. The van der Waals surface area contributed by atoms with Gasteiger partial charge in [0.05, 0.1) is 11.6 Å². The maximum absolute atomic E-state index is 12.9. The van der Waals surface area contributed by atoms with E-state index >= 15 is 0 Å². The molecule has 4 heterocycles. The summed E-state index contributed by atoms with van der Waals surface area (Å²) in [5, 5.41) is 3.40. The van der Waals surface area contributed by atoms with Crippen LogP contribution in [0.15, 0.2) is 24.5 Å². The van der Waals surface area contributed by atoms with Gasteiger partial charge in [0.2, 0.25) is 5.95 Å². The summed E-state index contributed by atoms with van der Waals surface area (Å²) in [4.78, 5) is 28.3. The molecule has 3 aliphatic rings. The van der Waals surface area contributed by atoms with Gasteiger partial charge >= 0.3 is 0 Å². The molecule has 2 aliphatic heterocycles. The molecule has 0 bridgehead atoms. The number of pyridine rings is 1. The van der Waals surface area contributed by atoms with Crippen molar-refractivity contribution < 1.29 is 9.53 Å². The third kappa shape index (κ3) is 3.59. The van der Waals surface area contributed by atoms with Crippen molar-refractivity contribution >= 4 is 11.9 Å². The number of nitrogens with one attached hydrogen (secondary N) is 1. The molecule has 1 unspecified atom stereocenters. The van der Waals surface area contributed by atoms with Crippen LogP contribution in [0.5, 0.6) is 0 Å². The van der Waals surface area contributed by atoms with Gasteiger partial charge in [-0.05, 0) is 56.1 Å². The topological polar surface area (TPSA) is 80.2 Å². The first kappa shape index (κ1) is 18.5. The van der Waals surface area contributed by atoms with Crippen LogP contribution >= 0.6 is 0 Å². The zero-order valence-corrected chi connectivity index (χ0v) is 16.9. The van der Waals surface area contributed by atoms with E-state index in [0.29, 0.717) is 11.5 Å². The highest BCUT2D eigenvalue weighted by atomic mass is 16.5. The van der Waals surface area contributed by atoms with Gasteiger partial charge in [0.25, 0.3) is 5.91 Å². The molecular weight excluding hydrogens is 366 g/mol. The van der Waals surface area contributed by atoms with Crippen molar-refractivity contribution in [2.75, 3.05) is 31.6 Å². The highest BCUT2D eigenvalue weighted by Gasteiger charge is 2.41. The average molecular weight is 393 g/mol. The lowest BCUT2D eigenvalue weighted by molar-refractivity contribution is 0.0191. The van der Waals surface area contributed by atoms with Crippen LogP contribution in [-0.2, 0) is 11.2 Å². The van der Waals surface area contributed by atoms with E-state index in [0.717, 1.165) is 69.8 Å². The molecule has 1 spiro atoms. The van der Waals surface area contributed by atoms with Crippen molar-refractivity contribution in [3.05, 3.63) is 47.0 Å². The molecular formula is C22H27N5O2. The number of ether oxygens (including phenoxy) is 1. The number of aromatic nitrogens is 3. The van der Waals surface area contributed by atoms with Gasteiger partial charge < -0.3 is 15.0 Å². The number of likely N-dealkylation sites (tertiary alicyclic amines) is 1. The van der Waals surface area contributed by atoms with Crippen LogP contribution < -0.4 is 5.32 Å². The van der Waals surface area contributed by atoms with Crippen LogP contribution in [0, 0.1) is 12.3 Å². The number of hydrogen-bond acceptors (Lipinski definition) is 6. The highest BCUT2D eigenvalue weighted by Crippen LogP contribution is 2.40. The molecule has 1 aliphatic carbocycles. The molecule has 1 N–H and O–H groups in total. The number of rotatable bonds is 3. The Hall–Kier alpha value is -2.54. The Bertz CT molecular complexity index is 908. The zero-order valence-electron chi connectivity index (χ0n) is 16.9. The predicted octanol–water partition coefficient (Wildman–Crippen LogP) is 2.92. The number of fused-ring (bicyclic) bond motifs is 1. The number of amides is 1. The SMILES string of the molecule is Cc1ccc2c(n1)CCC2Nc1ncc(C(=O)N2CCC3(CCOCC3)C2)cn1. The second kappa shape index (κ2) is 7.37. The van der Waals surface area contributed by atoms with E-state index in [-0.39, 0.29) is 17.4 Å². The second-order valence-electron chi connectivity index (χ2n) is 8.61. The van der Waals surface area contributed by atoms with E-state index in [1.54, 1.807) is 12.4 Å². The van der Waals surface area contributed by atoms with E-state index in [1.807, 2.05) is 17.9 Å². The number of nitrogens with zero attached hydrogens (tertiary/aromatic N) is 4. The largest absolute Gasteiger partial charge is 0.381 e. The third-order valence-electron chi connectivity index (χ3n) is 6.67. The summed E-state index contributed by atoms with van der Waals surface area (Å²) < 4.78 is 5.50. The first-order valence-corrected chi connectivity index (χ1v) is 10.5. The molecule has 1 amide bonds. The van der Waals surface area contributed by atoms with Gasteiger partial charge in [0.15, 0.2) is 0 Å². The molecule has 0 aromatic carbocycles. The first-order chi connectivity index (χ1) is 14.1. The van der Waals surface area contributed by atoms with Crippen LogP contribution in [0.25, 0.3) is 0 Å². The molecule has 2 fully saturated rings. The minimum Gasteiger partial charge on any atom is -0.381 e. The summed E-state index contributed by atoms with van der Waals surface area (Å²) in [6.07, 6.45) is 8.41. The van der Waals surface area contributed by atoms with E-state index in [1.165, 1.54) is 5.56 Å². The minimum absolute atomic E-state index is 0.0332. The summed E-state index contributed by atoms with van der Waals surface area (Å²) in [5.41, 5.74) is 4.23. The molecule has 2 aromatic rings. The van der Waals surface area contributed by atoms with Crippen LogP contribution in [-0.4, -0.2) is 52.1 Å². The Labute approximate surface area is 170 Å². The Balaban J connectivity index is 1.24. The molecule has 5 rings (SSSR count). The molecule has 2 saturated heterocycles. The Kier molecular flexibility index (Phi) is 4.70. The number of aryl methyl sites for hydroxylation is 2. The molecule has 7 heteroatoms. The molecule has 7 nitrogen and oxygen atoms in total. The Morgan fingerprint density at radius 1 is 1.21 bits per heavy atom. The normalized spacial score (nSPS) is 22.7. The molecule has 1 atom stereocenters. The lowest BCUT2D eigenvalue weighted by Gasteiger charge is -2.33. The Morgan fingerprint density at radius 2 is 2.00 bits per heavy atom. The predicted molar refractivity (Wildman–Crippen MR) is 109 cm³/mol. The summed E-state index contributed by atoms with van der Waals surface area (Å²) in [6, 6.07) is 4.36. The molecule has 29 heavy (non-hydrogen) atoms. The lowest BCUT2D eigenvalue weighted by atomic mass is 9.80. The smallest absolute Gasteiger partial charge is 0.257 e. The fourth-order valence-corrected chi connectivity index (χ4v) is 4.90. The van der Waals surface area contributed by atoms with Gasteiger partial charge in [-0.1, -0.05) is 6.07 Å². The van der Waals surface area contributed by atoms with Crippen LogP contribution in [0.3, 0.4) is 0 Å². The van der Waals surface area contributed by atoms with Crippen molar-refractivity contribution in [3.8, 4) is 0 Å². The first-order valence-electron chi connectivity index (χ1n) is 10.5. The van der Waals surface area contributed by atoms with Crippen molar-refractivity contribution in [1.82, 2.24) is 19.9 Å². The molecule has 0 radical (unpaired) electrons. The standard InChI is InChI=1S/C22H27N5O2/c1-15-2-3-17-18(25-15)4-5-19(17)26-21-23-12-16(13-24-21)20(28)27-9-6-22(14-27)7-10-29-11-8-22/h2-3,12-13,19H,4-11,14H2,1H3,(H,23,24,26). The highest BCUT2D eigenvalue weighted by molar-refractivity contribution is 5.94. The maximum atomic E-state index is 12.9. The van der Waals surface area contributed by atoms with E-state index in [2.05, 4.69) is 26.3 Å². The third-order valence-corrected chi connectivity index (χ3v) is 6.67. The van der Waals surface area contributed by atoms with Crippen LogP contribution in [0.2, 0.25) is 0 Å². The monoisotopic (exact) mass is 393 g/mol. The summed E-state index contributed by atoms with van der Waals surface area (Å²) >= 11 is 0. The van der Waals surface area contributed by atoms with Gasteiger partial charge in [0.1, 0.15) is 0 Å². The molecule has 2 aromatic heterocycles. The zero-order chi connectivity index (χ0) is 19.8. The summed E-state index contributed by atoms with van der Waals surface area (Å²) in [7, 11) is 0. The molecule has 0 saturated carbocycles. The summed E-state index contributed by atoms with van der Waals surface area (Å²) in [6.45, 7) is 5.27. The number of carbonyl (C=O) groups is 1. The fourth-order valence-electron chi connectivity index (χ4n) is 4.90. The maximum Gasteiger partial charge on any atom is 0.257 e. The number of carbonyl (C=O) groups excluding carboxylic acids is 1. The number of hydrogen-bond donors (Lipinski definition) is 1. The summed E-state index contributed by atoms with van der Waals surface area (Å²) in [5.74, 6) is 0.591. The fraction of sp³-hybridized carbons (Fsp3) is 0.545. The number of anilines is 1. The van der Waals surface area contributed by atoms with Crippen molar-refractivity contribution in [2.45, 2.75) is 45.1 Å². The molecule has 152 valence electrons. The average Bonchev–Trinajstić information content (AvgIpc) is 3.33. The van der Waals surface area contributed by atoms with Gasteiger partial charge in [-0.15, -0.1) is 0 Å². The van der Waals surface area contributed by atoms with Gasteiger partial charge in [-0.25, -0.2) is 9.97 Å². The van der Waals surface area contributed by atoms with Gasteiger partial charge in [-0.3, -0.25) is 9.78 Å². The quantitative estimate of drug-likeness (QED) is 0.864. The lowest BCUT2D eigenvalue weighted by Crippen LogP contribution is -2.35. The van der Waals surface area contributed by atoms with Crippen LogP contribution in [0.1, 0.15) is 59.0 Å². The van der Waals surface area contributed by atoms with Crippen LogP contribution in [0.4, 0.5) is 5.95 Å². The minimum atomic E-state index is 0.0332.